The minimum absolute atomic E-state index is 0.0134. The van der Waals surface area contributed by atoms with Gasteiger partial charge in [-0.1, -0.05) is 6.07 Å². The molecule has 0 fully saturated rings. The number of benzene rings is 1. The molecule has 1 amide bonds. The number of hydrogen-bond donors (Lipinski definition) is 2. The molecule has 110 valence electrons. The number of amides is 1. The van der Waals surface area contributed by atoms with Crippen molar-refractivity contribution in [3.05, 3.63) is 34.9 Å². The minimum atomic E-state index is -0.0134. The van der Waals surface area contributed by atoms with Gasteiger partial charge in [0.1, 0.15) is 0 Å². The fourth-order valence-corrected chi connectivity index (χ4v) is 2.52. The Bertz CT molecular complexity index is 445. The SMILES string of the molecule is O=C(NCCCOCCO)c1ccc2c(c1)CCCC2. The molecular formula is C16H23NO3. The van der Waals surface area contributed by atoms with Gasteiger partial charge >= 0.3 is 0 Å². The van der Waals surface area contributed by atoms with Gasteiger partial charge in [-0.15, -0.1) is 0 Å². The van der Waals surface area contributed by atoms with Crippen molar-refractivity contribution in [1.82, 2.24) is 5.32 Å². The molecule has 1 aromatic carbocycles. The maximum absolute atomic E-state index is 12.0. The second-order valence-electron chi connectivity index (χ2n) is 5.14. The number of aliphatic hydroxyl groups is 1. The monoisotopic (exact) mass is 277 g/mol. The first-order valence-electron chi connectivity index (χ1n) is 7.40. The van der Waals surface area contributed by atoms with Crippen LogP contribution in [-0.4, -0.2) is 37.4 Å². The van der Waals surface area contributed by atoms with Crippen LogP contribution in [0, 0.1) is 0 Å². The standard InChI is InChI=1S/C16H23NO3/c18-9-11-20-10-3-8-17-16(19)15-7-6-13-4-1-2-5-14(13)12-15/h6-7,12,18H,1-5,8-11H2,(H,17,19). The lowest BCUT2D eigenvalue weighted by Crippen LogP contribution is -2.25. The van der Waals surface area contributed by atoms with Crippen molar-refractivity contribution in [2.45, 2.75) is 32.1 Å². The zero-order chi connectivity index (χ0) is 14.2. The van der Waals surface area contributed by atoms with E-state index in [9.17, 15) is 4.79 Å². The second-order valence-corrected chi connectivity index (χ2v) is 5.14. The highest BCUT2D eigenvalue weighted by Crippen LogP contribution is 2.22. The maximum atomic E-state index is 12.0. The molecule has 4 heteroatoms. The van der Waals surface area contributed by atoms with Gasteiger partial charge in [-0.05, 0) is 55.4 Å². The van der Waals surface area contributed by atoms with Crippen LogP contribution >= 0.6 is 0 Å². The number of nitrogens with one attached hydrogen (secondary N) is 1. The third-order valence-electron chi connectivity index (χ3n) is 3.60. The Morgan fingerprint density at radius 3 is 2.80 bits per heavy atom. The van der Waals surface area contributed by atoms with Gasteiger partial charge in [0.15, 0.2) is 0 Å². The van der Waals surface area contributed by atoms with Gasteiger partial charge in [-0.25, -0.2) is 0 Å². The van der Waals surface area contributed by atoms with E-state index in [4.69, 9.17) is 9.84 Å². The van der Waals surface area contributed by atoms with E-state index in [0.717, 1.165) is 24.8 Å². The highest BCUT2D eigenvalue weighted by atomic mass is 16.5. The van der Waals surface area contributed by atoms with Crippen molar-refractivity contribution < 1.29 is 14.6 Å². The third kappa shape index (κ3) is 4.32. The molecule has 1 aliphatic carbocycles. The largest absolute Gasteiger partial charge is 0.394 e. The Balaban J connectivity index is 1.77. The summed E-state index contributed by atoms with van der Waals surface area (Å²) in [4.78, 5) is 12.0. The molecular weight excluding hydrogens is 254 g/mol. The number of carbonyl (C=O) groups excluding carboxylic acids is 1. The van der Waals surface area contributed by atoms with Gasteiger partial charge in [-0.3, -0.25) is 4.79 Å². The first-order chi connectivity index (χ1) is 9.81. The quantitative estimate of drug-likeness (QED) is 0.746. The van der Waals surface area contributed by atoms with Crippen LogP contribution in [0.3, 0.4) is 0 Å². The van der Waals surface area contributed by atoms with E-state index in [2.05, 4.69) is 11.4 Å². The molecule has 0 saturated carbocycles. The molecule has 2 rings (SSSR count). The van der Waals surface area contributed by atoms with E-state index < -0.39 is 0 Å². The van der Waals surface area contributed by atoms with E-state index in [1.807, 2.05) is 12.1 Å². The zero-order valence-electron chi connectivity index (χ0n) is 11.9. The highest BCUT2D eigenvalue weighted by molar-refractivity contribution is 5.94. The molecule has 0 bridgehead atoms. The first-order valence-corrected chi connectivity index (χ1v) is 7.40. The highest BCUT2D eigenvalue weighted by Gasteiger charge is 2.12. The minimum Gasteiger partial charge on any atom is -0.394 e. The summed E-state index contributed by atoms with van der Waals surface area (Å²) < 4.78 is 5.14. The number of aliphatic hydroxyl groups excluding tert-OH is 1. The molecule has 0 radical (unpaired) electrons. The van der Waals surface area contributed by atoms with Crippen molar-refractivity contribution in [1.29, 1.82) is 0 Å². The van der Waals surface area contributed by atoms with Crippen LogP contribution < -0.4 is 5.32 Å². The molecule has 0 heterocycles. The summed E-state index contributed by atoms with van der Waals surface area (Å²) >= 11 is 0. The first kappa shape index (κ1) is 15.0. The van der Waals surface area contributed by atoms with Gasteiger partial charge < -0.3 is 15.2 Å². The van der Waals surface area contributed by atoms with Gasteiger partial charge in [0.05, 0.1) is 13.2 Å². The maximum Gasteiger partial charge on any atom is 0.251 e. The molecule has 2 N–H and O–H groups in total. The molecule has 0 aliphatic heterocycles. The van der Waals surface area contributed by atoms with Crippen LogP contribution in [0.25, 0.3) is 0 Å². The molecule has 0 aromatic heterocycles. The Labute approximate surface area is 120 Å². The Hall–Kier alpha value is -1.39. The summed E-state index contributed by atoms with van der Waals surface area (Å²) in [5.41, 5.74) is 3.47. The normalized spacial score (nSPS) is 13.8. The summed E-state index contributed by atoms with van der Waals surface area (Å²) in [7, 11) is 0. The molecule has 1 aliphatic rings. The van der Waals surface area contributed by atoms with Crippen LogP contribution in [0.5, 0.6) is 0 Å². The number of rotatable bonds is 7. The van der Waals surface area contributed by atoms with Gasteiger partial charge in [-0.2, -0.15) is 0 Å². The summed E-state index contributed by atoms with van der Waals surface area (Å²) in [6.45, 7) is 1.56. The Kier molecular flexibility index (Phi) is 6.02. The Morgan fingerprint density at radius 2 is 2.00 bits per heavy atom. The molecule has 0 unspecified atom stereocenters. The predicted octanol–water partition coefficient (Wildman–Crippen LogP) is 1.69. The number of fused-ring (bicyclic) bond motifs is 1. The third-order valence-corrected chi connectivity index (χ3v) is 3.60. The zero-order valence-corrected chi connectivity index (χ0v) is 11.9. The summed E-state index contributed by atoms with van der Waals surface area (Å²) in [6, 6.07) is 6.04. The topological polar surface area (TPSA) is 58.6 Å². The van der Waals surface area contributed by atoms with Crippen LogP contribution in [0.15, 0.2) is 18.2 Å². The van der Waals surface area contributed by atoms with E-state index in [1.54, 1.807) is 0 Å². The van der Waals surface area contributed by atoms with Gasteiger partial charge in [0.2, 0.25) is 0 Å². The number of aryl methyl sites for hydroxylation is 2. The second kappa shape index (κ2) is 8.02. The van der Waals surface area contributed by atoms with Gasteiger partial charge in [0, 0.05) is 18.7 Å². The number of hydrogen-bond acceptors (Lipinski definition) is 3. The Morgan fingerprint density at radius 1 is 1.20 bits per heavy atom. The molecule has 1 aromatic rings. The van der Waals surface area contributed by atoms with E-state index >= 15 is 0 Å². The molecule has 0 atom stereocenters. The lowest BCUT2D eigenvalue weighted by molar-refractivity contribution is 0.0867. The summed E-state index contributed by atoms with van der Waals surface area (Å²) in [5.74, 6) is -0.0134. The smallest absolute Gasteiger partial charge is 0.251 e. The van der Waals surface area contributed by atoms with Crippen LogP contribution in [0.2, 0.25) is 0 Å². The van der Waals surface area contributed by atoms with E-state index in [0.29, 0.717) is 19.8 Å². The van der Waals surface area contributed by atoms with Crippen molar-refractivity contribution in [2.24, 2.45) is 0 Å². The molecule has 20 heavy (non-hydrogen) atoms. The summed E-state index contributed by atoms with van der Waals surface area (Å²) in [6.07, 6.45) is 5.47. The van der Waals surface area contributed by atoms with Crippen LogP contribution in [0.4, 0.5) is 0 Å². The average molecular weight is 277 g/mol. The summed E-state index contributed by atoms with van der Waals surface area (Å²) in [5, 5.41) is 11.5. The molecule has 0 spiro atoms. The van der Waals surface area contributed by atoms with Gasteiger partial charge in [0.25, 0.3) is 5.91 Å². The fraction of sp³-hybridized carbons (Fsp3) is 0.562. The molecule has 0 saturated heterocycles. The van der Waals surface area contributed by atoms with E-state index in [1.165, 1.54) is 24.0 Å². The van der Waals surface area contributed by atoms with Crippen molar-refractivity contribution in [2.75, 3.05) is 26.4 Å². The van der Waals surface area contributed by atoms with E-state index in [-0.39, 0.29) is 12.5 Å². The number of ether oxygens (including phenoxy) is 1. The predicted molar refractivity (Wildman–Crippen MR) is 77.9 cm³/mol. The lowest BCUT2D eigenvalue weighted by Gasteiger charge is -2.16. The van der Waals surface area contributed by atoms with Crippen molar-refractivity contribution in [3.63, 3.8) is 0 Å². The van der Waals surface area contributed by atoms with Crippen LogP contribution in [-0.2, 0) is 17.6 Å². The van der Waals surface area contributed by atoms with Crippen molar-refractivity contribution >= 4 is 5.91 Å². The average Bonchev–Trinajstić information content (AvgIpc) is 2.50. The van der Waals surface area contributed by atoms with Crippen molar-refractivity contribution in [3.8, 4) is 0 Å². The number of carbonyl (C=O) groups is 1. The van der Waals surface area contributed by atoms with Crippen LogP contribution in [0.1, 0.15) is 40.7 Å². The fourth-order valence-electron chi connectivity index (χ4n) is 2.52. The lowest BCUT2D eigenvalue weighted by atomic mass is 9.90. The molecule has 4 nitrogen and oxygen atoms in total.